The molecule has 2 atom stereocenters. The lowest BCUT2D eigenvalue weighted by Crippen LogP contribution is -2.42. The zero-order valence-electron chi connectivity index (χ0n) is 11.6. The normalized spacial score (nSPS) is 21.7. The van der Waals surface area contributed by atoms with Gasteiger partial charge >= 0.3 is 5.97 Å². The van der Waals surface area contributed by atoms with E-state index in [1.54, 1.807) is 0 Å². The molecular formula is C15H22N2O2. The molecule has 1 heterocycles. The fourth-order valence-electron chi connectivity index (χ4n) is 2.93. The smallest absolute Gasteiger partial charge is 0.325 e. The molecule has 1 saturated heterocycles. The number of aliphatic carboxylic acids is 1. The quantitative estimate of drug-likeness (QED) is 0.879. The van der Waals surface area contributed by atoms with Crippen LogP contribution >= 0.6 is 0 Å². The molecule has 0 aromatic heterocycles. The maximum absolute atomic E-state index is 11.7. The molecule has 1 fully saturated rings. The van der Waals surface area contributed by atoms with Crippen LogP contribution < -0.4 is 0 Å². The number of likely N-dealkylation sites (tertiary alicyclic amines) is 1. The topological polar surface area (TPSA) is 43.8 Å². The van der Waals surface area contributed by atoms with Crippen molar-refractivity contribution in [3.8, 4) is 0 Å². The van der Waals surface area contributed by atoms with Crippen LogP contribution in [0.25, 0.3) is 0 Å². The van der Waals surface area contributed by atoms with Crippen LogP contribution in [-0.4, -0.2) is 54.1 Å². The number of nitrogens with zero attached hydrogens (tertiary/aromatic N) is 2. The van der Waals surface area contributed by atoms with E-state index < -0.39 is 12.0 Å². The number of hydrogen-bond acceptors (Lipinski definition) is 3. The molecule has 1 aromatic carbocycles. The van der Waals surface area contributed by atoms with E-state index in [1.807, 2.05) is 44.4 Å². The molecule has 1 aromatic rings. The van der Waals surface area contributed by atoms with Gasteiger partial charge < -0.3 is 10.0 Å². The Bertz CT molecular complexity index is 419. The Hall–Kier alpha value is -1.39. The van der Waals surface area contributed by atoms with Crippen molar-refractivity contribution in [1.82, 2.24) is 9.80 Å². The number of benzene rings is 1. The van der Waals surface area contributed by atoms with Crippen molar-refractivity contribution >= 4 is 5.97 Å². The molecule has 0 bridgehead atoms. The first-order valence-corrected chi connectivity index (χ1v) is 6.78. The van der Waals surface area contributed by atoms with Crippen LogP contribution in [0.1, 0.15) is 24.4 Å². The van der Waals surface area contributed by atoms with Gasteiger partial charge in [-0.05, 0) is 39.0 Å². The molecule has 104 valence electrons. The minimum atomic E-state index is -0.753. The van der Waals surface area contributed by atoms with Gasteiger partial charge in [0.2, 0.25) is 0 Å². The molecule has 2 unspecified atom stereocenters. The summed E-state index contributed by atoms with van der Waals surface area (Å²) < 4.78 is 0. The van der Waals surface area contributed by atoms with Crippen molar-refractivity contribution in [3.63, 3.8) is 0 Å². The van der Waals surface area contributed by atoms with Crippen molar-refractivity contribution in [2.24, 2.45) is 0 Å². The zero-order valence-corrected chi connectivity index (χ0v) is 11.6. The Morgan fingerprint density at radius 2 is 2.11 bits per heavy atom. The van der Waals surface area contributed by atoms with E-state index >= 15 is 0 Å². The Labute approximate surface area is 114 Å². The highest BCUT2D eigenvalue weighted by molar-refractivity contribution is 5.75. The largest absolute Gasteiger partial charge is 0.480 e. The molecular weight excluding hydrogens is 240 g/mol. The van der Waals surface area contributed by atoms with Crippen LogP contribution in [0.4, 0.5) is 0 Å². The maximum Gasteiger partial charge on any atom is 0.325 e. The summed E-state index contributed by atoms with van der Waals surface area (Å²) in [5.41, 5.74) is 0.876. The van der Waals surface area contributed by atoms with Gasteiger partial charge in [-0.2, -0.15) is 0 Å². The molecule has 1 N–H and O–H groups in total. The van der Waals surface area contributed by atoms with Gasteiger partial charge in [0.1, 0.15) is 6.04 Å². The second-order valence-corrected chi connectivity index (χ2v) is 5.45. The van der Waals surface area contributed by atoms with Gasteiger partial charge in [-0.1, -0.05) is 30.3 Å². The predicted octanol–water partition coefficient (Wildman–Crippen LogP) is 1.84. The Kier molecular flexibility index (Phi) is 4.56. The van der Waals surface area contributed by atoms with E-state index in [1.165, 1.54) is 0 Å². The van der Waals surface area contributed by atoms with Gasteiger partial charge in [-0.25, -0.2) is 0 Å². The van der Waals surface area contributed by atoms with Crippen LogP contribution in [0.5, 0.6) is 0 Å². The minimum absolute atomic E-state index is 0.330. The SMILES string of the molecule is CN(C)CC1CCCN1C(C(=O)O)c1ccccc1. The fourth-order valence-corrected chi connectivity index (χ4v) is 2.93. The summed E-state index contributed by atoms with van der Waals surface area (Å²) in [6, 6.07) is 9.35. The van der Waals surface area contributed by atoms with Gasteiger partial charge in [0.05, 0.1) is 0 Å². The lowest BCUT2D eigenvalue weighted by Gasteiger charge is -2.32. The third-order valence-electron chi connectivity index (χ3n) is 3.68. The standard InChI is InChI=1S/C15H22N2O2/c1-16(2)11-13-9-6-10-17(13)14(15(18)19)12-7-4-3-5-8-12/h3-5,7-8,13-14H,6,9-11H2,1-2H3,(H,18,19). The predicted molar refractivity (Wildman–Crippen MR) is 75.1 cm³/mol. The molecule has 0 spiro atoms. The highest BCUT2D eigenvalue weighted by Crippen LogP contribution is 2.29. The highest BCUT2D eigenvalue weighted by Gasteiger charge is 2.35. The number of likely N-dealkylation sites (N-methyl/N-ethyl adjacent to an activating group) is 1. The van der Waals surface area contributed by atoms with Crippen molar-refractivity contribution in [3.05, 3.63) is 35.9 Å². The number of carboxylic acids is 1. The van der Waals surface area contributed by atoms with Gasteiger partial charge in [0.15, 0.2) is 0 Å². The molecule has 2 rings (SSSR count). The van der Waals surface area contributed by atoms with Crippen LogP contribution in [0.2, 0.25) is 0 Å². The van der Waals surface area contributed by atoms with E-state index in [0.717, 1.165) is 31.5 Å². The maximum atomic E-state index is 11.7. The first kappa shape index (κ1) is 14.0. The molecule has 1 aliphatic rings. The van der Waals surface area contributed by atoms with E-state index in [4.69, 9.17) is 0 Å². The molecule has 1 aliphatic heterocycles. The van der Waals surface area contributed by atoms with Crippen molar-refractivity contribution in [2.45, 2.75) is 24.9 Å². The molecule has 4 nitrogen and oxygen atoms in total. The molecule has 0 radical (unpaired) electrons. The molecule has 0 saturated carbocycles. The van der Waals surface area contributed by atoms with E-state index in [9.17, 15) is 9.90 Å². The second-order valence-electron chi connectivity index (χ2n) is 5.45. The molecule has 0 amide bonds. The van der Waals surface area contributed by atoms with E-state index in [0.29, 0.717) is 6.04 Å². The number of carboxylic acid groups (broad SMARTS) is 1. The van der Waals surface area contributed by atoms with Crippen molar-refractivity contribution in [1.29, 1.82) is 0 Å². The Morgan fingerprint density at radius 1 is 1.42 bits per heavy atom. The average molecular weight is 262 g/mol. The van der Waals surface area contributed by atoms with Crippen molar-refractivity contribution in [2.75, 3.05) is 27.2 Å². The number of carbonyl (C=O) groups is 1. The van der Waals surface area contributed by atoms with Crippen LogP contribution in [-0.2, 0) is 4.79 Å². The average Bonchev–Trinajstić information content (AvgIpc) is 2.78. The summed E-state index contributed by atoms with van der Waals surface area (Å²) in [6.07, 6.45) is 2.16. The van der Waals surface area contributed by atoms with Gasteiger partial charge in [-0.3, -0.25) is 9.69 Å². The third kappa shape index (κ3) is 3.33. The highest BCUT2D eigenvalue weighted by atomic mass is 16.4. The molecule has 4 heteroatoms. The minimum Gasteiger partial charge on any atom is -0.480 e. The van der Waals surface area contributed by atoms with Crippen LogP contribution in [0.3, 0.4) is 0 Å². The first-order chi connectivity index (χ1) is 9.09. The Balaban J connectivity index is 2.22. The number of hydrogen-bond donors (Lipinski definition) is 1. The van der Waals surface area contributed by atoms with Gasteiger partial charge in [-0.15, -0.1) is 0 Å². The van der Waals surface area contributed by atoms with Gasteiger partial charge in [0, 0.05) is 12.6 Å². The zero-order chi connectivity index (χ0) is 13.8. The van der Waals surface area contributed by atoms with Crippen LogP contribution in [0.15, 0.2) is 30.3 Å². The summed E-state index contributed by atoms with van der Waals surface area (Å²) in [4.78, 5) is 15.9. The fraction of sp³-hybridized carbons (Fsp3) is 0.533. The van der Waals surface area contributed by atoms with E-state index in [-0.39, 0.29) is 0 Å². The monoisotopic (exact) mass is 262 g/mol. The summed E-state index contributed by atoms with van der Waals surface area (Å²) in [7, 11) is 4.07. The summed E-state index contributed by atoms with van der Waals surface area (Å²) in [6.45, 7) is 1.78. The third-order valence-corrected chi connectivity index (χ3v) is 3.68. The van der Waals surface area contributed by atoms with E-state index in [2.05, 4.69) is 9.80 Å². The van der Waals surface area contributed by atoms with Crippen LogP contribution in [0, 0.1) is 0 Å². The summed E-state index contributed by atoms with van der Waals surface area (Å²) >= 11 is 0. The first-order valence-electron chi connectivity index (χ1n) is 6.78. The van der Waals surface area contributed by atoms with Crippen molar-refractivity contribution < 1.29 is 9.90 Å². The molecule has 0 aliphatic carbocycles. The lowest BCUT2D eigenvalue weighted by molar-refractivity contribution is -0.144. The summed E-state index contributed by atoms with van der Waals surface area (Å²) in [5, 5.41) is 9.58. The molecule has 19 heavy (non-hydrogen) atoms. The summed E-state index contributed by atoms with van der Waals surface area (Å²) in [5.74, 6) is -0.753. The van der Waals surface area contributed by atoms with Gasteiger partial charge in [0.25, 0.3) is 0 Å². The number of rotatable bonds is 5. The Morgan fingerprint density at radius 3 is 2.68 bits per heavy atom. The lowest BCUT2D eigenvalue weighted by atomic mass is 10.0. The second kappa shape index (κ2) is 6.17.